The summed E-state index contributed by atoms with van der Waals surface area (Å²) in [7, 11) is 0. The van der Waals surface area contributed by atoms with Gasteiger partial charge in [-0.05, 0) is 49.2 Å². The molecule has 2 aromatic carbocycles. The van der Waals surface area contributed by atoms with Gasteiger partial charge in [0.1, 0.15) is 17.7 Å². The highest BCUT2D eigenvalue weighted by atomic mass is 35.5. The lowest BCUT2D eigenvalue weighted by molar-refractivity contribution is 0.0762. The van der Waals surface area contributed by atoms with Crippen LogP contribution in [0.1, 0.15) is 30.1 Å². The zero-order valence-corrected chi connectivity index (χ0v) is 18.3. The Kier molecular flexibility index (Phi) is 8.12. The van der Waals surface area contributed by atoms with Crippen molar-refractivity contribution in [2.24, 2.45) is 0 Å². The van der Waals surface area contributed by atoms with Crippen molar-refractivity contribution in [1.82, 2.24) is 15.1 Å². The van der Waals surface area contributed by atoms with Crippen LogP contribution in [0, 0.1) is 5.82 Å². The number of hydrogen-bond acceptors (Lipinski definition) is 3. The van der Waals surface area contributed by atoms with Crippen LogP contribution < -0.4 is 10.1 Å². The molecule has 1 aliphatic heterocycles. The summed E-state index contributed by atoms with van der Waals surface area (Å²) >= 11 is 6.15. The number of hydrogen-bond donors (Lipinski definition) is 1. The summed E-state index contributed by atoms with van der Waals surface area (Å²) in [6.07, 6.45) is 1.19. The summed E-state index contributed by atoms with van der Waals surface area (Å²) in [6.45, 7) is 4.31. The van der Waals surface area contributed by atoms with Crippen molar-refractivity contribution in [1.29, 1.82) is 0 Å². The molecule has 1 fully saturated rings. The number of rotatable bonds is 6. The summed E-state index contributed by atoms with van der Waals surface area (Å²) < 4.78 is 19.0. The summed E-state index contributed by atoms with van der Waals surface area (Å²) in [6, 6.07) is 12.6. The van der Waals surface area contributed by atoms with Crippen molar-refractivity contribution in [3.05, 3.63) is 64.9 Å². The minimum atomic E-state index is -0.376. The number of amides is 3. The molecule has 0 aromatic heterocycles. The molecule has 0 aliphatic carbocycles. The van der Waals surface area contributed by atoms with Crippen LogP contribution in [0.2, 0.25) is 5.02 Å². The van der Waals surface area contributed by atoms with E-state index in [0.717, 1.165) is 0 Å². The largest absolute Gasteiger partial charge is 0.487 e. The Labute approximate surface area is 186 Å². The minimum Gasteiger partial charge on any atom is -0.487 e. The molecule has 1 aliphatic rings. The first-order chi connectivity index (χ1) is 15.0. The first-order valence-electron chi connectivity index (χ1n) is 10.5. The van der Waals surface area contributed by atoms with Crippen LogP contribution >= 0.6 is 11.6 Å². The molecule has 31 heavy (non-hydrogen) atoms. The maximum atomic E-state index is 13.1. The maximum Gasteiger partial charge on any atom is 0.317 e. The van der Waals surface area contributed by atoms with E-state index in [1.165, 1.54) is 24.3 Å². The Hall–Kier alpha value is -2.80. The summed E-state index contributed by atoms with van der Waals surface area (Å²) in [5.74, 6) is 0.0654. The Morgan fingerprint density at radius 3 is 2.45 bits per heavy atom. The average molecular weight is 448 g/mol. The van der Waals surface area contributed by atoms with Crippen molar-refractivity contribution in [2.45, 2.75) is 25.9 Å². The Balaban J connectivity index is 1.50. The zero-order chi connectivity index (χ0) is 22.2. The van der Waals surface area contributed by atoms with E-state index in [9.17, 15) is 14.0 Å². The van der Waals surface area contributed by atoms with Gasteiger partial charge in [-0.15, -0.1) is 0 Å². The smallest absolute Gasteiger partial charge is 0.317 e. The molecule has 2 aromatic rings. The van der Waals surface area contributed by atoms with Crippen LogP contribution in [-0.2, 0) is 0 Å². The van der Waals surface area contributed by atoms with Gasteiger partial charge in [-0.25, -0.2) is 9.18 Å². The molecule has 1 atom stereocenters. The maximum absolute atomic E-state index is 13.1. The predicted octanol–water partition coefficient (Wildman–Crippen LogP) is 4.19. The van der Waals surface area contributed by atoms with E-state index < -0.39 is 0 Å². The fourth-order valence-electron chi connectivity index (χ4n) is 3.40. The minimum absolute atomic E-state index is 0.151. The highest BCUT2D eigenvalue weighted by Crippen LogP contribution is 2.24. The second kappa shape index (κ2) is 11.0. The fourth-order valence-corrected chi connectivity index (χ4v) is 3.58. The topological polar surface area (TPSA) is 61.9 Å². The van der Waals surface area contributed by atoms with Gasteiger partial charge in [0.2, 0.25) is 0 Å². The quantitative estimate of drug-likeness (QED) is 0.722. The van der Waals surface area contributed by atoms with Crippen LogP contribution in [0.3, 0.4) is 0 Å². The molecule has 6 nitrogen and oxygen atoms in total. The van der Waals surface area contributed by atoms with Gasteiger partial charge in [-0.2, -0.15) is 0 Å². The Morgan fingerprint density at radius 1 is 1.06 bits per heavy atom. The molecule has 0 bridgehead atoms. The molecule has 1 unspecified atom stereocenters. The lowest BCUT2D eigenvalue weighted by Gasteiger charge is -2.24. The van der Waals surface area contributed by atoms with Gasteiger partial charge in [-0.1, -0.05) is 30.7 Å². The van der Waals surface area contributed by atoms with Gasteiger partial charge in [-0.3, -0.25) is 4.79 Å². The average Bonchev–Trinajstić information content (AvgIpc) is 3.04. The molecule has 166 valence electrons. The van der Waals surface area contributed by atoms with E-state index in [2.05, 4.69) is 5.32 Å². The van der Waals surface area contributed by atoms with E-state index in [-0.39, 0.29) is 23.9 Å². The number of benzene rings is 2. The van der Waals surface area contributed by atoms with Crippen LogP contribution in [0.15, 0.2) is 48.5 Å². The van der Waals surface area contributed by atoms with Gasteiger partial charge in [0.05, 0.1) is 11.6 Å². The number of ether oxygens (including phenoxy) is 1. The number of para-hydroxylation sites is 1. The van der Waals surface area contributed by atoms with E-state index in [4.69, 9.17) is 16.3 Å². The van der Waals surface area contributed by atoms with Crippen LogP contribution in [0.5, 0.6) is 5.75 Å². The van der Waals surface area contributed by atoms with E-state index in [1.807, 2.05) is 19.1 Å². The third-order valence-electron chi connectivity index (χ3n) is 5.23. The molecule has 8 heteroatoms. The Morgan fingerprint density at radius 2 is 1.74 bits per heavy atom. The van der Waals surface area contributed by atoms with Gasteiger partial charge in [0.15, 0.2) is 0 Å². The first kappa shape index (κ1) is 22.9. The number of carbonyl (C=O) groups is 2. The van der Waals surface area contributed by atoms with E-state index in [0.29, 0.717) is 61.9 Å². The Bertz CT molecular complexity index is 894. The van der Waals surface area contributed by atoms with Crippen LogP contribution in [0.4, 0.5) is 9.18 Å². The van der Waals surface area contributed by atoms with Crippen molar-refractivity contribution in [2.75, 3.05) is 32.7 Å². The lowest BCUT2D eigenvalue weighted by Crippen LogP contribution is -2.45. The third-order valence-corrected chi connectivity index (χ3v) is 5.54. The first-order valence-corrected chi connectivity index (χ1v) is 10.8. The van der Waals surface area contributed by atoms with E-state index in [1.54, 1.807) is 21.9 Å². The second-order valence-corrected chi connectivity index (χ2v) is 7.81. The molecular weight excluding hydrogens is 421 g/mol. The molecule has 0 spiro atoms. The van der Waals surface area contributed by atoms with Gasteiger partial charge >= 0.3 is 6.03 Å². The molecular formula is C23H27ClFN3O3. The van der Waals surface area contributed by atoms with Gasteiger partial charge < -0.3 is 19.9 Å². The second-order valence-electron chi connectivity index (χ2n) is 7.40. The summed E-state index contributed by atoms with van der Waals surface area (Å²) in [4.78, 5) is 28.7. The highest BCUT2D eigenvalue weighted by molar-refractivity contribution is 6.32. The van der Waals surface area contributed by atoms with Crippen molar-refractivity contribution >= 4 is 23.5 Å². The van der Waals surface area contributed by atoms with Crippen LogP contribution in [-0.4, -0.2) is 60.6 Å². The molecule has 1 N–H and O–H groups in total. The van der Waals surface area contributed by atoms with Gasteiger partial charge in [0.25, 0.3) is 5.91 Å². The van der Waals surface area contributed by atoms with Crippen molar-refractivity contribution in [3.8, 4) is 5.75 Å². The normalized spacial score (nSPS) is 15.2. The molecule has 3 amide bonds. The summed E-state index contributed by atoms with van der Waals surface area (Å²) in [5, 5.41) is 3.46. The predicted molar refractivity (Wildman–Crippen MR) is 118 cm³/mol. The summed E-state index contributed by atoms with van der Waals surface area (Å²) in [5.41, 5.74) is 0.446. The molecule has 0 saturated carbocycles. The number of halogens is 2. The lowest BCUT2D eigenvalue weighted by atomic mass is 10.2. The third kappa shape index (κ3) is 6.34. The van der Waals surface area contributed by atoms with Crippen LogP contribution in [0.25, 0.3) is 0 Å². The standard InChI is InChI=1S/C23H27ClFN3O3/c1-2-19(31-21-7-4-3-6-20(21)24)16-26-23(30)28-13-5-12-27(14-15-28)22(29)17-8-10-18(25)11-9-17/h3-4,6-11,19H,2,5,12-16H2,1H3,(H,26,30). The van der Waals surface area contributed by atoms with Gasteiger partial charge in [0, 0.05) is 31.7 Å². The van der Waals surface area contributed by atoms with Crippen molar-refractivity contribution < 1.29 is 18.7 Å². The fraction of sp³-hybridized carbons (Fsp3) is 0.391. The van der Waals surface area contributed by atoms with Crippen molar-refractivity contribution in [3.63, 3.8) is 0 Å². The number of nitrogens with zero attached hydrogens (tertiary/aromatic N) is 2. The number of urea groups is 1. The zero-order valence-electron chi connectivity index (χ0n) is 17.5. The molecule has 3 rings (SSSR count). The molecule has 1 saturated heterocycles. The van der Waals surface area contributed by atoms with E-state index >= 15 is 0 Å². The number of nitrogens with one attached hydrogen (secondary N) is 1. The molecule has 0 radical (unpaired) electrons. The molecule has 1 heterocycles. The highest BCUT2D eigenvalue weighted by Gasteiger charge is 2.23. The number of carbonyl (C=O) groups excluding carboxylic acids is 2. The SMILES string of the molecule is CCC(CNC(=O)N1CCCN(C(=O)c2ccc(F)cc2)CC1)Oc1ccccc1Cl. The monoisotopic (exact) mass is 447 g/mol.